The van der Waals surface area contributed by atoms with Crippen molar-refractivity contribution < 1.29 is 14.3 Å². The second kappa shape index (κ2) is 5.40. The molecule has 1 N–H and O–H groups in total. The Morgan fingerprint density at radius 1 is 1.39 bits per heavy atom. The van der Waals surface area contributed by atoms with Crippen LogP contribution in [0.25, 0.3) is 0 Å². The van der Waals surface area contributed by atoms with E-state index in [1.165, 1.54) is 12.7 Å². The summed E-state index contributed by atoms with van der Waals surface area (Å²) in [5, 5.41) is 3.11. The largest absolute Gasteiger partial charge is 0.489 e. The molecular weight excluding hydrogens is 230 g/mol. The number of hydrogen-bond donors (Lipinski definition) is 1. The normalized spacial score (nSPS) is 22.8. The highest BCUT2D eigenvalue weighted by molar-refractivity contribution is 5.76. The first-order chi connectivity index (χ1) is 8.61. The molecule has 0 aliphatic carbocycles. The highest BCUT2D eigenvalue weighted by atomic mass is 16.5. The third kappa shape index (κ3) is 2.64. The summed E-state index contributed by atoms with van der Waals surface area (Å²) in [4.78, 5) is 11.4. The Hall–Kier alpha value is -1.55. The number of rotatable bonds is 3. The van der Waals surface area contributed by atoms with Crippen LogP contribution in [0.1, 0.15) is 17.5 Å². The number of hydrogen-bond acceptors (Lipinski definition) is 4. The third-order valence-electron chi connectivity index (χ3n) is 3.42. The summed E-state index contributed by atoms with van der Waals surface area (Å²) in [7, 11) is 1.41. The Kier molecular flexibility index (Phi) is 3.87. The van der Waals surface area contributed by atoms with Gasteiger partial charge in [-0.25, -0.2) is 0 Å². The minimum Gasteiger partial charge on any atom is -0.489 e. The Morgan fingerprint density at radius 2 is 2.17 bits per heavy atom. The SMILES string of the molecule is COC(=O)[C@H]1C[C@@H](Oc2cccc(C)c2C)CN1. The van der Waals surface area contributed by atoms with E-state index in [-0.39, 0.29) is 18.1 Å². The molecule has 2 rings (SSSR count). The summed E-state index contributed by atoms with van der Waals surface area (Å²) in [5.74, 6) is 0.675. The maximum Gasteiger partial charge on any atom is 0.323 e. The molecule has 1 fully saturated rings. The van der Waals surface area contributed by atoms with Gasteiger partial charge in [0.2, 0.25) is 0 Å². The van der Waals surface area contributed by atoms with Gasteiger partial charge in [0.15, 0.2) is 0 Å². The number of nitrogens with one attached hydrogen (secondary N) is 1. The molecule has 4 heteroatoms. The Labute approximate surface area is 107 Å². The van der Waals surface area contributed by atoms with E-state index in [1.807, 2.05) is 19.1 Å². The molecule has 1 aliphatic rings. The van der Waals surface area contributed by atoms with Crippen molar-refractivity contribution >= 4 is 5.97 Å². The number of esters is 1. The van der Waals surface area contributed by atoms with Crippen LogP contribution in [0.5, 0.6) is 5.75 Å². The first kappa shape index (κ1) is 12.9. The van der Waals surface area contributed by atoms with Crippen LogP contribution in [0.4, 0.5) is 0 Å². The average molecular weight is 249 g/mol. The van der Waals surface area contributed by atoms with Crippen LogP contribution in [0, 0.1) is 13.8 Å². The monoisotopic (exact) mass is 249 g/mol. The summed E-state index contributed by atoms with van der Waals surface area (Å²) in [6.07, 6.45) is 0.676. The lowest BCUT2D eigenvalue weighted by Gasteiger charge is -2.15. The Bertz CT molecular complexity index is 445. The molecule has 1 aliphatic heterocycles. The van der Waals surface area contributed by atoms with Crippen molar-refractivity contribution in [1.29, 1.82) is 0 Å². The van der Waals surface area contributed by atoms with Crippen LogP contribution in [0.2, 0.25) is 0 Å². The Balaban J connectivity index is 1.99. The van der Waals surface area contributed by atoms with Crippen LogP contribution in [-0.4, -0.2) is 31.8 Å². The van der Waals surface area contributed by atoms with Crippen molar-refractivity contribution in [2.75, 3.05) is 13.7 Å². The summed E-state index contributed by atoms with van der Waals surface area (Å²) in [6.45, 7) is 4.78. The lowest BCUT2D eigenvalue weighted by atomic mass is 10.1. The fourth-order valence-electron chi connectivity index (χ4n) is 2.15. The van der Waals surface area contributed by atoms with Gasteiger partial charge in [-0.15, -0.1) is 0 Å². The Morgan fingerprint density at radius 3 is 2.89 bits per heavy atom. The molecule has 1 heterocycles. The molecule has 1 saturated heterocycles. The van der Waals surface area contributed by atoms with Gasteiger partial charge in [-0.3, -0.25) is 4.79 Å². The van der Waals surface area contributed by atoms with Gasteiger partial charge < -0.3 is 14.8 Å². The molecule has 98 valence electrons. The number of carbonyl (C=O) groups is 1. The maximum absolute atomic E-state index is 11.4. The zero-order valence-electron chi connectivity index (χ0n) is 11.0. The van der Waals surface area contributed by atoms with Crippen molar-refractivity contribution in [3.8, 4) is 5.75 Å². The van der Waals surface area contributed by atoms with Crippen molar-refractivity contribution in [1.82, 2.24) is 5.32 Å². The van der Waals surface area contributed by atoms with E-state index in [0.717, 1.165) is 11.3 Å². The molecule has 1 aromatic carbocycles. The lowest BCUT2D eigenvalue weighted by molar-refractivity contribution is -0.142. The molecule has 2 atom stereocenters. The van der Waals surface area contributed by atoms with Crippen molar-refractivity contribution in [3.63, 3.8) is 0 Å². The minimum absolute atomic E-state index is 0.0228. The van der Waals surface area contributed by atoms with E-state index in [9.17, 15) is 4.79 Å². The summed E-state index contributed by atoms with van der Waals surface area (Å²) >= 11 is 0. The molecule has 4 nitrogen and oxygen atoms in total. The van der Waals surface area contributed by atoms with Gasteiger partial charge in [0.25, 0.3) is 0 Å². The molecule has 1 aromatic rings. The van der Waals surface area contributed by atoms with E-state index in [1.54, 1.807) is 0 Å². The molecule has 0 saturated carbocycles. The highest BCUT2D eigenvalue weighted by Gasteiger charge is 2.31. The van der Waals surface area contributed by atoms with Crippen LogP contribution in [0.15, 0.2) is 18.2 Å². The molecule has 0 unspecified atom stereocenters. The highest BCUT2D eigenvalue weighted by Crippen LogP contribution is 2.24. The topological polar surface area (TPSA) is 47.6 Å². The van der Waals surface area contributed by atoms with E-state index in [0.29, 0.717) is 13.0 Å². The molecule has 0 spiro atoms. The number of aryl methyl sites for hydroxylation is 1. The number of methoxy groups -OCH3 is 1. The molecule has 18 heavy (non-hydrogen) atoms. The third-order valence-corrected chi connectivity index (χ3v) is 3.42. The van der Waals surface area contributed by atoms with Crippen molar-refractivity contribution in [2.45, 2.75) is 32.4 Å². The maximum atomic E-state index is 11.4. The zero-order valence-corrected chi connectivity index (χ0v) is 11.0. The lowest BCUT2D eigenvalue weighted by Crippen LogP contribution is -2.31. The van der Waals surface area contributed by atoms with Crippen LogP contribution < -0.4 is 10.1 Å². The van der Waals surface area contributed by atoms with Gasteiger partial charge in [-0.05, 0) is 31.0 Å². The first-order valence-electron chi connectivity index (χ1n) is 6.16. The van der Waals surface area contributed by atoms with E-state index in [2.05, 4.69) is 18.3 Å². The molecule has 0 bridgehead atoms. The van der Waals surface area contributed by atoms with Crippen LogP contribution in [-0.2, 0) is 9.53 Å². The summed E-state index contributed by atoms with van der Waals surface area (Å²) < 4.78 is 10.7. The fourth-order valence-corrected chi connectivity index (χ4v) is 2.15. The molecule has 0 amide bonds. The van der Waals surface area contributed by atoms with Gasteiger partial charge >= 0.3 is 5.97 Å². The smallest absolute Gasteiger partial charge is 0.323 e. The molecular formula is C14H19NO3. The van der Waals surface area contributed by atoms with Gasteiger partial charge in [-0.1, -0.05) is 12.1 Å². The number of benzene rings is 1. The van der Waals surface area contributed by atoms with Gasteiger partial charge in [0.1, 0.15) is 17.9 Å². The van der Waals surface area contributed by atoms with Gasteiger partial charge in [0, 0.05) is 13.0 Å². The van der Waals surface area contributed by atoms with Crippen LogP contribution in [0.3, 0.4) is 0 Å². The minimum atomic E-state index is -0.245. The van der Waals surface area contributed by atoms with E-state index in [4.69, 9.17) is 9.47 Å². The van der Waals surface area contributed by atoms with E-state index >= 15 is 0 Å². The predicted molar refractivity (Wildman–Crippen MR) is 68.8 cm³/mol. The fraction of sp³-hybridized carbons (Fsp3) is 0.500. The summed E-state index contributed by atoms with van der Waals surface area (Å²) in [5.41, 5.74) is 2.36. The second-order valence-corrected chi connectivity index (χ2v) is 4.66. The van der Waals surface area contributed by atoms with Crippen molar-refractivity contribution in [3.05, 3.63) is 29.3 Å². The van der Waals surface area contributed by atoms with Crippen LogP contribution >= 0.6 is 0 Å². The molecule has 0 aromatic heterocycles. The molecule has 0 radical (unpaired) electrons. The first-order valence-corrected chi connectivity index (χ1v) is 6.16. The summed E-state index contributed by atoms with van der Waals surface area (Å²) in [6, 6.07) is 5.77. The van der Waals surface area contributed by atoms with Gasteiger partial charge in [0.05, 0.1) is 7.11 Å². The average Bonchev–Trinajstić information content (AvgIpc) is 2.82. The standard InChI is InChI=1S/C14H19NO3/c1-9-5-4-6-13(10(9)2)18-11-7-12(15-8-11)14(16)17-3/h4-6,11-12,15H,7-8H2,1-3H3/t11-,12-/m1/s1. The van der Waals surface area contributed by atoms with Crippen molar-refractivity contribution in [2.24, 2.45) is 0 Å². The quantitative estimate of drug-likeness (QED) is 0.826. The predicted octanol–water partition coefficient (Wildman–Crippen LogP) is 1.59. The number of ether oxygens (including phenoxy) is 2. The van der Waals surface area contributed by atoms with E-state index < -0.39 is 0 Å². The second-order valence-electron chi connectivity index (χ2n) is 4.66. The zero-order chi connectivity index (χ0) is 13.1. The number of carbonyl (C=O) groups excluding carboxylic acids is 1. The van der Waals surface area contributed by atoms with Gasteiger partial charge in [-0.2, -0.15) is 0 Å².